The highest BCUT2D eigenvalue weighted by molar-refractivity contribution is 5.50. The van der Waals surface area contributed by atoms with Crippen molar-refractivity contribution in [1.82, 2.24) is 0 Å². The van der Waals surface area contributed by atoms with Gasteiger partial charge in [0, 0.05) is 11.3 Å². The minimum atomic E-state index is 0.329. The van der Waals surface area contributed by atoms with Crippen LogP contribution >= 0.6 is 0 Å². The van der Waals surface area contributed by atoms with Crippen LogP contribution in [-0.4, -0.2) is 6.61 Å². The molecule has 2 aromatic rings. The average molecular weight is 281 g/mol. The summed E-state index contributed by atoms with van der Waals surface area (Å²) in [5.41, 5.74) is 5.07. The molecule has 0 radical (unpaired) electrons. The Bertz CT molecular complexity index is 603. The Labute approximate surface area is 127 Å². The van der Waals surface area contributed by atoms with E-state index in [0.717, 1.165) is 31.6 Å². The van der Waals surface area contributed by atoms with Gasteiger partial charge in [-0.15, -0.1) is 0 Å². The molecule has 1 heterocycles. The highest BCUT2D eigenvalue weighted by Gasteiger charge is 2.20. The van der Waals surface area contributed by atoms with Gasteiger partial charge in [-0.05, 0) is 49.4 Å². The number of rotatable bonds is 3. The van der Waals surface area contributed by atoms with E-state index in [-0.39, 0.29) is 0 Å². The summed E-state index contributed by atoms with van der Waals surface area (Å²) in [7, 11) is 0. The lowest BCUT2D eigenvalue weighted by Crippen LogP contribution is -2.10. The largest absolute Gasteiger partial charge is 0.493 e. The van der Waals surface area contributed by atoms with E-state index in [0.29, 0.717) is 6.04 Å². The maximum absolute atomic E-state index is 5.94. The molecule has 0 fully saturated rings. The van der Waals surface area contributed by atoms with Crippen molar-refractivity contribution in [2.75, 3.05) is 11.9 Å². The van der Waals surface area contributed by atoms with Gasteiger partial charge in [0.1, 0.15) is 5.75 Å². The molecule has 2 nitrogen and oxygen atoms in total. The third-order valence-electron chi connectivity index (χ3n) is 4.20. The number of para-hydroxylation sites is 1. The number of anilines is 1. The van der Waals surface area contributed by atoms with Crippen molar-refractivity contribution in [3.05, 3.63) is 59.2 Å². The minimum Gasteiger partial charge on any atom is -0.493 e. The minimum absolute atomic E-state index is 0.329. The van der Waals surface area contributed by atoms with E-state index in [1.165, 1.54) is 22.4 Å². The van der Waals surface area contributed by atoms with Gasteiger partial charge in [-0.1, -0.05) is 37.3 Å². The van der Waals surface area contributed by atoms with Gasteiger partial charge >= 0.3 is 0 Å². The lowest BCUT2D eigenvalue weighted by Gasteiger charge is -2.20. The number of aryl methyl sites for hydroxylation is 2. The molecule has 3 rings (SSSR count). The molecule has 1 unspecified atom stereocenters. The third kappa shape index (κ3) is 3.05. The van der Waals surface area contributed by atoms with Crippen LogP contribution in [0.3, 0.4) is 0 Å². The Morgan fingerprint density at radius 3 is 2.71 bits per heavy atom. The fraction of sp³-hybridized carbons (Fsp3) is 0.368. The fourth-order valence-electron chi connectivity index (χ4n) is 2.95. The number of ether oxygens (including phenoxy) is 1. The Hall–Kier alpha value is -1.96. The van der Waals surface area contributed by atoms with Crippen molar-refractivity contribution in [1.29, 1.82) is 0 Å². The van der Waals surface area contributed by atoms with Crippen LogP contribution in [0.25, 0.3) is 0 Å². The van der Waals surface area contributed by atoms with Gasteiger partial charge in [0.2, 0.25) is 0 Å². The van der Waals surface area contributed by atoms with Gasteiger partial charge in [-0.3, -0.25) is 0 Å². The Kier molecular flexibility index (Phi) is 4.14. The van der Waals surface area contributed by atoms with Crippen molar-refractivity contribution < 1.29 is 4.74 Å². The lowest BCUT2D eigenvalue weighted by molar-refractivity contribution is 0.314. The average Bonchev–Trinajstić information content (AvgIpc) is 2.72. The number of hydrogen-bond donors (Lipinski definition) is 1. The van der Waals surface area contributed by atoms with Crippen LogP contribution in [0.1, 0.15) is 42.5 Å². The van der Waals surface area contributed by atoms with Crippen LogP contribution < -0.4 is 10.1 Å². The fourth-order valence-corrected chi connectivity index (χ4v) is 2.95. The standard InChI is InChI=1S/C19H23NO/c1-3-15-9-11-16(12-10-15)20-18-8-5-13-21-19-14(2)6-4-7-17(18)19/h4,6-7,9-12,18,20H,3,5,8,13H2,1-2H3. The zero-order chi connectivity index (χ0) is 14.7. The Balaban J connectivity index is 1.86. The second-order valence-corrected chi connectivity index (χ2v) is 5.73. The molecule has 0 aromatic heterocycles. The highest BCUT2D eigenvalue weighted by Crippen LogP contribution is 2.36. The molecule has 0 aliphatic carbocycles. The first-order valence-electron chi connectivity index (χ1n) is 7.85. The summed E-state index contributed by atoms with van der Waals surface area (Å²) in [6, 6.07) is 15.5. The Morgan fingerprint density at radius 2 is 1.95 bits per heavy atom. The normalized spacial score (nSPS) is 17.5. The van der Waals surface area contributed by atoms with Crippen molar-refractivity contribution in [2.24, 2.45) is 0 Å². The summed E-state index contributed by atoms with van der Waals surface area (Å²) in [4.78, 5) is 0. The molecule has 0 saturated carbocycles. The topological polar surface area (TPSA) is 21.3 Å². The molecule has 0 spiro atoms. The molecule has 1 aliphatic heterocycles. The van der Waals surface area contributed by atoms with Crippen molar-refractivity contribution in [2.45, 2.75) is 39.2 Å². The third-order valence-corrected chi connectivity index (χ3v) is 4.20. The molecule has 2 heteroatoms. The van der Waals surface area contributed by atoms with Crippen LogP contribution in [0.2, 0.25) is 0 Å². The second kappa shape index (κ2) is 6.21. The van der Waals surface area contributed by atoms with E-state index >= 15 is 0 Å². The van der Waals surface area contributed by atoms with Gasteiger partial charge in [0.05, 0.1) is 12.6 Å². The zero-order valence-electron chi connectivity index (χ0n) is 12.9. The SMILES string of the molecule is CCc1ccc(NC2CCCOc3c(C)cccc32)cc1. The maximum atomic E-state index is 5.94. The van der Waals surface area contributed by atoms with Gasteiger partial charge in [-0.25, -0.2) is 0 Å². The molecule has 21 heavy (non-hydrogen) atoms. The quantitative estimate of drug-likeness (QED) is 0.865. The molecule has 0 amide bonds. The van der Waals surface area contributed by atoms with E-state index in [1.807, 2.05) is 0 Å². The summed E-state index contributed by atoms with van der Waals surface area (Å²) in [5.74, 6) is 1.07. The van der Waals surface area contributed by atoms with Crippen LogP contribution in [0.5, 0.6) is 5.75 Å². The molecule has 1 aliphatic rings. The number of hydrogen-bond acceptors (Lipinski definition) is 2. The molecule has 1 atom stereocenters. The summed E-state index contributed by atoms with van der Waals surface area (Å²) in [6.07, 6.45) is 3.27. The summed E-state index contributed by atoms with van der Waals surface area (Å²) >= 11 is 0. The van der Waals surface area contributed by atoms with Crippen LogP contribution in [0, 0.1) is 6.92 Å². The van der Waals surface area contributed by atoms with Gasteiger partial charge in [-0.2, -0.15) is 0 Å². The van der Waals surface area contributed by atoms with Crippen molar-refractivity contribution in [3.8, 4) is 5.75 Å². The number of fused-ring (bicyclic) bond motifs is 1. The maximum Gasteiger partial charge on any atom is 0.127 e. The smallest absolute Gasteiger partial charge is 0.127 e. The van der Waals surface area contributed by atoms with Crippen LogP contribution in [-0.2, 0) is 6.42 Å². The van der Waals surface area contributed by atoms with Gasteiger partial charge in [0.15, 0.2) is 0 Å². The van der Waals surface area contributed by atoms with Gasteiger partial charge in [0.25, 0.3) is 0 Å². The van der Waals surface area contributed by atoms with Crippen molar-refractivity contribution >= 4 is 5.69 Å². The van der Waals surface area contributed by atoms with Crippen LogP contribution in [0.4, 0.5) is 5.69 Å². The molecule has 0 bridgehead atoms. The molecular weight excluding hydrogens is 258 g/mol. The van der Waals surface area contributed by atoms with Crippen molar-refractivity contribution in [3.63, 3.8) is 0 Å². The Morgan fingerprint density at radius 1 is 1.14 bits per heavy atom. The summed E-state index contributed by atoms with van der Waals surface area (Å²) in [6.45, 7) is 5.12. The van der Waals surface area contributed by atoms with E-state index in [9.17, 15) is 0 Å². The van der Waals surface area contributed by atoms with E-state index in [1.54, 1.807) is 0 Å². The van der Waals surface area contributed by atoms with E-state index in [2.05, 4.69) is 61.6 Å². The molecule has 1 N–H and O–H groups in total. The summed E-state index contributed by atoms with van der Waals surface area (Å²) in [5, 5.41) is 3.68. The molecular formula is C19H23NO. The predicted octanol–water partition coefficient (Wildman–Crippen LogP) is 4.88. The van der Waals surface area contributed by atoms with Gasteiger partial charge < -0.3 is 10.1 Å². The van der Waals surface area contributed by atoms with E-state index in [4.69, 9.17) is 4.74 Å². The lowest BCUT2D eigenvalue weighted by atomic mass is 9.99. The predicted molar refractivity (Wildman–Crippen MR) is 88.1 cm³/mol. The first-order chi connectivity index (χ1) is 10.3. The second-order valence-electron chi connectivity index (χ2n) is 5.73. The first-order valence-corrected chi connectivity index (χ1v) is 7.85. The number of benzene rings is 2. The highest BCUT2D eigenvalue weighted by atomic mass is 16.5. The van der Waals surface area contributed by atoms with E-state index < -0.39 is 0 Å². The monoisotopic (exact) mass is 281 g/mol. The van der Waals surface area contributed by atoms with Crippen LogP contribution in [0.15, 0.2) is 42.5 Å². The zero-order valence-corrected chi connectivity index (χ0v) is 12.9. The first kappa shape index (κ1) is 14.0. The molecule has 110 valence electrons. The summed E-state index contributed by atoms with van der Waals surface area (Å²) < 4.78 is 5.94. The molecule has 0 saturated heterocycles. The molecule has 2 aromatic carbocycles. The number of nitrogens with one attached hydrogen (secondary N) is 1.